The Labute approximate surface area is 123 Å². The first kappa shape index (κ1) is 17.1. The van der Waals surface area contributed by atoms with Crippen LogP contribution in [0, 0.1) is 10.1 Å². The van der Waals surface area contributed by atoms with Gasteiger partial charge in [-0.25, -0.2) is 0 Å². The fourth-order valence-corrected chi connectivity index (χ4v) is 1.92. The third-order valence-electron chi connectivity index (χ3n) is 3.04. The molecule has 1 atom stereocenters. The number of hydrogen-bond donors (Lipinski definition) is 2. The minimum Gasteiger partial charge on any atom is -0.389 e. The van der Waals surface area contributed by atoms with Gasteiger partial charge in [0.15, 0.2) is 0 Å². The van der Waals surface area contributed by atoms with Crippen LogP contribution in [0.3, 0.4) is 0 Å². The minimum absolute atomic E-state index is 0.150. The van der Waals surface area contributed by atoms with Crippen molar-refractivity contribution in [2.24, 2.45) is 0 Å². The number of nitrogens with one attached hydrogen (secondary N) is 1. The van der Waals surface area contributed by atoms with Crippen LogP contribution in [0.1, 0.15) is 20.8 Å². The Kier molecular flexibility index (Phi) is 5.40. The van der Waals surface area contributed by atoms with Crippen molar-refractivity contribution in [1.29, 1.82) is 0 Å². The summed E-state index contributed by atoms with van der Waals surface area (Å²) in [6, 6.07) is 5.45. The molecule has 0 spiro atoms. The molecule has 0 fully saturated rings. The van der Waals surface area contributed by atoms with Crippen LogP contribution in [0.4, 0.5) is 11.4 Å². The number of benzene rings is 1. The van der Waals surface area contributed by atoms with Crippen molar-refractivity contribution in [3.63, 3.8) is 0 Å². The molecule has 21 heavy (non-hydrogen) atoms. The first-order valence-corrected chi connectivity index (χ1v) is 6.59. The average molecular weight is 295 g/mol. The molecule has 0 heterocycles. The second kappa shape index (κ2) is 6.64. The molecule has 0 bridgehead atoms. The number of para-hydroxylation sites is 2. The summed E-state index contributed by atoms with van der Waals surface area (Å²) < 4.78 is 0. The maximum atomic E-state index is 12.2. The molecular formula is C14H21N3O4. The lowest BCUT2D eigenvalue weighted by molar-refractivity contribution is -0.383. The molecule has 1 amide bonds. The van der Waals surface area contributed by atoms with Gasteiger partial charge >= 0.3 is 0 Å². The smallest absolute Gasteiger partial charge is 0.292 e. The number of rotatable bonds is 6. The predicted octanol–water partition coefficient (Wildman–Crippen LogP) is 1.62. The molecule has 7 nitrogen and oxygen atoms in total. The van der Waals surface area contributed by atoms with Crippen molar-refractivity contribution in [3.8, 4) is 0 Å². The van der Waals surface area contributed by atoms with E-state index in [-0.39, 0.29) is 17.3 Å². The Morgan fingerprint density at radius 1 is 1.48 bits per heavy atom. The van der Waals surface area contributed by atoms with Gasteiger partial charge in [-0.3, -0.25) is 19.8 Å². The summed E-state index contributed by atoms with van der Waals surface area (Å²) in [5, 5.41) is 23.2. The molecule has 7 heteroatoms. The van der Waals surface area contributed by atoms with E-state index in [0.717, 1.165) is 0 Å². The van der Waals surface area contributed by atoms with Crippen molar-refractivity contribution >= 4 is 17.3 Å². The van der Waals surface area contributed by atoms with Crippen molar-refractivity contribution in [3.05, 3.63) is 34.4 Å². The Hall–Kier alpha value is -1.99. The van der Waals surface area contributed by atoms with Crippen molar-refractivity contribution < 1.29 is 14.8 Å². The van der Waals surface area contributed by atoms with Crippen LogP contribution >= 0.6 is 0 Å². The van der Waals surface area contributed by atoms with Gasteiger partial charge in [-0.2, -0.15) is 0 Å². The van der Waals surface area contributed by atoms with Crippen molar-refractivity contribution in [2.75, 3.05) is 18.9 Å². The SMILES string of the molecule is CC(C(=O)Nc1ccccc1[N+](=O)[O-])N(C)CC(C)(C)O. The number of nitro groups is 1. The molecule has 1 rings (SSSR count). The third kappa shape index (κ3) is 5.13. The average Bonchev–Trinajstić information content (AvgIpc) is 2.36. The number of nitrogens with zero attached hydrogens (tertiary/aromatic N) is 2. The molecule has 1 aromatic rings. The maximum absolute atomic E-state index is 12.2. The molecule has 0 saturated carbocycles. The lowest BCUT2D eigenvalue weighted by atomic mass is 10.1. The lowest BCUT2D eigenvalue weighted by Crippen LogP contribution is -2.46. The van der Waals surface area contributed by atoms with Gasteiger partial charge in [0.2, 0.25) is 5.91 Å². The van der Waals surface area contributed by atoms with Crippen LogP contribution in [0.5, 0.6) is 0 Å². The molecule has 0 aliphatic carbocycles. The second-order valence-electron chi connectivity index (χ2n) is 5.67. The van der Waals surface area contributed by atoms with Crippen LogP contribution in [0.15, 0.2) is 24.3 Å². The number of likely N-dealkylation sites (N-methyl/N-ethyl adjacent to an activating group) is 1. The summed E-state index contributed by atoms with van der Waals surface area (Å²) in [6.07, 6.45) is 0. The van der Waals surface area contributed by atoms with Gasteiger partial charge < -0.3 is 10.4 Å². The van der Waals surface area contributed by atoms with E-state index < -0.39 is 16.6 Å². The van der Waals surface area contributed by atoms with Gasteiger partial charge in [0.25, 0.3) is 5.69 Å². The van der Waals surface area contributed by atoms with Gasteiger partial charge in [-0.15, -0.1) is 0 Å². The van der Waals surface area contributed by atoms with Crippen LogP contribution in [0.2, 0.25) is 0 Å². The molecule has 2 N–H and O–H groups in total. The largest absolute Gasteiger partial charge is 0.389 e. The summed E-state index contributed by atoms with van der Waals surface area (Å²) in [6.45, 7) is 5.28. The minimum atomic E-state index is -0.929. The van der Waals surface area contributed by atoms with Crippen molar-refractivity contribution in [2.45, 2.75) is 32.4 Å². The molecule has 0 aliphatic heterocycles. The topological polar surface area (TPSA) is 95.7 Å². The Balaban J connectivity index is 2.80. The Morgan fingerprint density at radius 2 is 2.05 bits per heavy atom. The normalized spacial score (nSPS) is 13.0. The van der Waals surface area contributed by atoms with Gasteiger partial charge in [0.05, 0.1) is 16.6 Å². The monoisotopic (exact) mass is 295 g/mol. The fourth-order valence-electron chi connectivity index (χ4n) is 1.92. The fraction of sp³-hybridized carbons (Fsp3) is 0.500. The van der Waals surface area contributed by atoms with E-state index in [9.17, 15) is 20.0 Å². The number of amides is 1. The molecular weight excluding hydrogens is 274 g/mol. The van der Waals surface area contributed by atoms with E-state index in [0.29, 0.717) is 6.54 Å². The van der Waals surface area contributed by atoms with E-state index in [1.54, 1.807) is 38.8 Å². The second-order valence-corrected chi connectivity index (χ2v) is 5.67. The van der Waals surface area contributed by atoms with E-state index in [1.165, 1.54) is 18.2 Å². The maximum Gasteiger partial charge on any atom is 0.292 e. The zero-order valence-electron chi connectivity index (χ0n) is 12.7. The first-order valence-electron chi connectivity index (χ1n) is 6.59. The van der Waals surface area contributed by atoms with Crippen LogP contribution < -0.4 is 5.32 Å². The highest BCUT2D eigenvalue weighted by Crippen LogP contribution is 2.23. The molecule has 1 aromatic carbocycles. The van der Waals surface area contributed by atoms with E-state index >= 15 is 0 Å². The number of aliphatic hydroxyl groups is 1. The predicted molar refractivity (Wildman–Crippen MR) is 80.1 cm³/mol. The highest BCUT2D eigenvalue weighted by Gasteiger charge is 2.25. The highest BCUT2D eigenvalue weighted by molar-refractivity contribution is 5.96. The molecule has 0 aliphatic rings. The van der Waals surface area contributed by atoms with Crippen LogP contribution in [-0.2, 0) is 4.79 Å². The van der Waals surface area contributed by atoms with Gasteiger partial charge in [-0.05, 0) is 33.9 Å². The quantitative estimate of drug-likeness (QED) is 0.614. The van der Waals surface area contributed by atoms with Gasteiger partial charge in [0, 0.05) is 12.6 Å². The first-order chi connectivity index (χ1) is 9.61. The zero-order chi connectivity index (χ0) is 16.2. The lowest BCUT2D eigenvalue weighted by Gasteiger charge is -2.29. The summed E-state index contributed by atoms with van der Waals surface area (Å²) >= 11 is 0. The number of hydrogen-bond acceptors (Lipinski definition) is 5. The highest BCUT2D eigenvalue weighted by atomic mass is 16.6. The molecule has 116 valence electrons. The van der Waals surface area contributed by atoms with Gasteiger partial charge in [0.1, 0.15) is 5.69 Å². The number of nitro benzene ring substituents is 1. The van der Waals surface area contributed by atoms with Crippen LogP contribution in [0.25, 0.3) is 0 Å². The zero-order valence-corrected chi connectivity index (χ0v) is 12.7. The van der Waals surface area contributed by atoms with E-state index in [2.05, 4.69) is 5.32 Å². The summed E-state index contributed by atoms with van der Waals surface area (Å²) in [4.78, 5) is 24.2. The molecule has 1 unspecified atom stereocenters. The Morgan fingerprint density at radius 3 is 2.57 bits per heavy atom. The number of carbonyl (C=O) groups is 1. The molecule has 0 radical (unpaired) electrons. The van der Waals surface area contributed by atoms with Crippen LogP contribution in [-0.4, -0.2) is 46.1 Å². The van der Waals surface area contributed by atoms with Gasteiger partial charge in [-0.1, -0.05) is 12.1 Å². The van der Waals surface area contributed by atoms with Crippen molar-refractivity contribution in [1.82, 2.24) is 4.90 Å². The third-order valence-corrected chi connectivity index (χ3v) is 3.04. The van der Waals surface area contributed by atoms with E-state index in [4.69, 9.17) is 0 Å². The summed E-state index contributed by atoms with van der Waals surface area (Å²) in [5.74, 6) is -0.365. The Bertz CT molecular complexity index is 525. The molecule has 0 saturated heterocycles. The summed E-state index contributed by atoms with van der Waals surface area (Å²) in [7, 11) is 1.71. The standard InChI is InChI=1S/C14H21N3O4/c1-10(16(4)9-14(2,3)19)13(18)15-11-7-5-6-8-12(11)17(20)21/h5-8,10,19H,9H2,1-4H3,(H,15,18). The summed E-state index contributed by atoms with van der Waals surface area (Å²) in [5.41, 5.74) is -0.915. The van der Waals surface area contributed by atoms with E-state index in [1.807, 2.05) is 0 Å². The number of carbonyl (C=O) groups excluding carboxylic acids is 1. The molecule has 0 aromatic heterocycles. The number of anilines is 1.